The van der Waals surface area contributed by atoms with Crippen LogP contribution in [-0.4, -0.2) is 46.3 Å². The van der Waals surface area contributed by atoms with Crippen molar-refractivity contribution in [3.63, 3.8) is 0 Å². The molecule has 4 rings (SSSR count). The van der Waals surface area contributed by atoms with Gasteiger partial charge in [-0.1, -0.05) is 42.5 Å². The highest BCUT2D eigenvalue weighted by atomic mass is 19.1. The maximum absolute atomic E-state index is 14.0. The smallest absolute Gasteiger partial charge is 0.411 e. The first-order valence-corrected chi connectivity index (χ1v) is 15.0. The Kier molecular flexibility index (Phi) is 11.0. The number of rotatable bonds is 11. The quantitative estimate of drug-likeness (QED) is 0.0998. The molecule has 0 saturated heterocycles. The highest BCUT2D eigenvalue weighted by molar-refractivity contribution is 6.12. The number of nitrogens with zero attached hydrogens (tertiary/aromatic N) is 1. The third-order valence-electron chi connectivity index (χ3n) is 7.30. The van der Waals surface area contributed by atoms with Crippen LogP contribution in [0.15, 0.2) is 72.8 Å². The van der Waals surface area contributed by atoms with E-state index in [2.05, 4.69) is 5.32 Å². The number of hydrogen-bond donors (Lipinski definition) is 2. The van der Waals surface area contributed by atoms with E-state index in [1.807, 2.05) is 30.3 Å². The van der Waals surface area contributed by atoms with Gasteiger partial charge < -0.3 is 14.8 Å². The number of carbonyl (C=O) groups is 3. The standard InChI is InChI=1S/C35H39F2N3O5/c1-35(2,3)45-34(43)40(30(19-23-9-5-4-6-10-23)33(42)44-27-11-7-8-12-27)22-24-13-16-26(17-14-24)39-32(38)21-31(41)28-18-15-25(36)20-29(28)37/h4-6,9-10,13-18,20,27,30H,7-8,11-12,19,21-22H2,1-3H3,(H2,38,39)/t30-/m0/s1. The normalized spacial score (nSPS) is 14.0. The van der Waals surface area contributed by atoms with Crippen LogP contribution in [0, 0.1) is 17.0 Å². The molecule has 0 aromatic heterocycles. The van der Waals surface area contributed by atoms with Crippen molar-refractivity contribution in [2.45, 2.75) is 83.6 Å². The lowest BCUT2D eigenvalue weighted by Crippen LogP contribution is -2.49. The number of ether oxygens (including phenoxy) is 2. The zero-order valence-electron chi connectivity index (χ0n) is 25.8. The van der Waals surface area contributed by atoms with E-state index in [0.717, 1.165) is 43.4 Å². The fourth-order valence-electron chi connectivity index (χ4n) is 5.11. The fraction of sp³-hybridized carbons (Fsp3) is 0.371. The first-order chi connectivity index (χ1) is 21.4. The molecule has 1 fully saturated rings. The molecule has 1 amide bonds. The maximum Gasteiger partial charge on any atom is 0.411 e. The summed E-state index contributed by atoms with van der Waals surface area (Å²) in [7, 11) is 0. The second-order valence-corrected chi connectivity index (χ2v) is 12.2. The Bertz CT molecular complexity index is 1500. The molecule has 10 heteroatoms. The summed E-state index contributed by atoms with van der Waals surface area (Å²) in [5, 5.41) is 11.0. The van der Waals surface area contributed by atoms with Gasteiger partial charge >= 0.3 is 12.1 Å². The molecule has 8 nitrogen and oxygen atoms in total. The van der Waals surface area contributed by atoms with E-state index in [9.17, 15) is 23.2 Å². The van der Waals surface area contributed by atoms with Gasteiger partial charge in [0.15, 0.2) is 5.78 Å². The largest absolute Gasteiger partial charge is 0.461 e. The zero-order chi connectivity index (χ0) is 32.6. The number of nitrogens with one attached hydrogen (secondary N) is 2. The summed E-state index contributed by atoms with van der Waals surface area (Å²) in [6.45, 7) is 5.33. The van der Waals surface area contributed by atoms with Gasteiger partial charge in [0.05, 0.1) is 12.0 Å². The molecule has 1 aliphatic rings. The molecule has 0 unspecified atom stereocenters. The van der Waals surface area contributed by atoms with Crippen LogP contribution in [0.25, 0.3) is 0 Å². The molecule has 3 aromatic carbocycles. The van der Waals surface area contributed by atoms with Gasteiger partial charge in [-0.3, -0.25) is 15.1 Å². The van der Waals surface area contributed by atoms with Gasteiger partial charge in [0, 0.05) is 24.7 Å². The van der Waals surface area contributed by atoms with Crippen molar-refractivity contribution in [2.24, 2.45) is 0 Å². The predicted octanol–water partition coefficient (Wildman–Crippen LogP) is 7.46. The number of esters is 1. The van der Waals surface area contributed by atoms with E-state index in [4.69, 9.17) is 14.9 Å². The van der Waals surface area contributed by atoms with Crippen LogP contribution in [0.4, 0.5) is 19.3 Å². The van der Waals surface area contributed by atoms with Crippen molar-refractivity contribution in [1.29, 1.82) is 5.41 Å². The van der Waals surface area contributed by atoms with Crippen molar-refractivity contribution in [2.75, 3.05) is 5.32 Å². The molecule has 2 N–H and O–H groups in total. The molecule has 0 heterocycles. The monoisotopic (exact) mass is 619 g/mol. The topological polar surface area (TPSA) is 109 Å². The summed E-state index contributed by atoms with van der Waals surface area (Å²) in [5.41, 5.74) is 0.949. The van der Waals surface area contributed by atoms with Crippen molar-refractivity contribution in [3.05, 3.63) is 101 Å². The lowest BCUT2D eigenvalue weighted by molar-refractivity contribution is -0.155. The van der Waals surface area contributed by atoms with E-state index < -0.39 is 47.5 Å². The van der Waals surface area contributed by atoms with Gasteiger partial charge in [0.1, 0.15) is 35.2 Å². The van der Waals surface area contributed by atoms with Crippen LogP contribution in [0.5, 0.6) is 0 Å². The van der Waals surface area contributed by atoms with Crippen molar-refractivity contribution >= 4 is 29.4 Å². The molecule has 238 valence electrons. The molecule has 0 aliphatic heterocycles. The van der Waals surface area contributed by atoms with Crippen LogP contribution in [0.3, 0.4) is 0 Å². The summed E-state index contributed by atoms with van der Waals surface area (Å²) in [6.07, 6.45) is 2.57. The van der Waals surface area contributed by atoms with Gasteiger partial charge in [0.2, 0.25) is 0 Å². The highest BCUT2D eigenvalue weighted by Crippen LogP contribution is 2.25. The van der Waals surface area contributed by atoms with E-state index in [0.29, 0.717) is 17.3 Å². The van der Waals surface area contributed by atoms with Crippen molar-refractivity contribution in [3.8, 4) is 0 Å². The molecule has 0 spiro atoms. The molecule has 1 atom stereocenters. The van der Waals surface area contributed by atoms with Gasteiger partial charge in [-0.15, -0.1) is 0 Å². The summed E-state index contributed by atoms with van der Waals surface area (Å²) in [5.74, 6) is -3.09. The maximum atomic E-state index is 14.0. The number of benzene rings is 3. The number of Topliss-reactive ketones (excluding diaryl/α,β-unsaturated/α-hetero) is 1. The van der Waals surface area contributed by atoms with Crippen molar-refractivity contribution < 1.29 is 32.6 Å². The number of halogens is 2. The minimum Gasteiger partial charge on any atom is -0.461 e. The molecule has 1 saturated carbocycles. The summed E-state index contributed by atoms with van der Waals surface area (Å²) in [6, 6.07) is 18.0. The van der Waals surface area contributed by atoms with E-state index in [1.54, 1.807) is 45.0 Å². The zero-order valence-corrected chi connectivity index (χ0v) is 25.8. The highest BCUT2D eigenvalue weighted by Gasteiger charge is 2.36. The Morgan fingerprint density at radius 2 is 1.62 bits per heavy atom. The molecule has 45 heavy (non-hydrogen) atoms. The van der Waals surface area contributed by atoms with Crippen LogP contribution < -0.4 is 5.32 Å². The van der Waals surface area contributed by atoms with Crippen LogP contribution in [0.1, 0.15) is 74.4 Å². The second kappa shape index (κ2) is 14.9. The number of carbonyl (C=O) groups excluding carboxylic acids is 3. The average molecular weight is 620 g/mol. The van der Waals surface area contributed by atoms with Crippen molar-refractivity contribution in [1.82, 2.24) is 4.90 Å². The van der Waals surface area contributed by atoms with E-state index in [1.165, 1.54) is 4.90 Å². The first-order valence-electron chi connectivity index (χ1n) is 15.0. The predicted molar refractivity (Wildman–Crippen MR) is 167 cm³/mol. The number of hydrogen-bond acceptors (Lipinski definition) is 6. The lowest BCUT2D eigenvalue weighted by atomic mass is 10.0. The van der Waals surface area contributed by atoms with E-state index >= 15 is 0 Å². The minimum absolute atomic E-state index is 0.0479. The lowest BCUT2D eigenvalue weighted by Gasteiger charge is -2.33. The number of anilines is 1. The number of amides is 1. The van der Waals surface area contributed by atoms with Gasteiger partial charge in [-0.2, -0.15) is 0 Å². The van der Waals surface area contributed by atoms with Crippen LogP contribution in [-0.2, 0) is 27.2 Å². The second-order valence-electron chi connectivity index (χ2n) is 12.2. The summed E-state index contributed by atoms with van der Waals surface area (Å²) in [4.78, 5) is 41.1. The van der Waals surface area contributed by atoms with Crippen LogP contribution >= 0.6 is 0 Å². The Labute approximate surface area is 262 Å². The molecular weight excluding hydrogens is 580 g/mol. The van der Waals surface area contributed by atoms with Gasteiger partial charge in [-0.25, -0.2) is 18.4 Å². The molecule has 1 aliphatic carbocycles. The molecule has 0 bridgehead atoms. The summed E-state index contributed by atoms with van der Waals surface area (Å²) >= 11 is 0. The van der Waals surface area contributed by atoms with Crippen LogP contribution in [0.2, 0.25) is 0 Å². The van der Waals surface area contributed by atoms with Gasteiger partial charge in [0.25, 0.3) is 0 Å². The van der Waals surface area contributed by atoms with Gasteiger partial charge in [-0.05, 0) is 81.8 Å². The Balaban J connectivity index is 1.51. The summed E-state index contributed by atoms with van der Waals surface area (Å²) < 4.78 is 38.8. The fourth-order valence-corrected chi connectivity index (χ4v) is 5.11. The number of ketones is 1. The van der Waals surface area contributed by atoms with E-state index in [-0.39, 0.29) is 30.5 Å². The molecule has 3 aromatic rings. The minimum atomic E-state index is -0.982. The Morgan fingerprint density at radius 3 is 2.24 bits per heavy atom. The number of amidine groups is 1. The molecular formula is C35H39F2N3O5. The third kappa shape index (κ3) is 9.96. The Morgan fingerprint density at radius 1 is 0.956 bits per heavy atom. The Hall–Kier alpha value is -4.60. The molecule has 0 radical (unpaired) electrons. The first kappa shape index (κ1) is 33.3. The third-order valence-corrected chi connectivity index (χ3v) is 7.30. The SMILES string of the molecule is CC(C)(C)OC(=O)N(Cc1ccc(NC(=N)CC(=O)c2ccc(F)cc2F)cc1)[C@@H](Cc1ccccc1)C(=O)OC1CCCC1. The average Bonchev–Trinajstić information content (AvgIpc) is 3.48.